The van der Waals surface area contributed by atoms with E-state index in [-0.39, 0.29) is 0 Å². The zero-order valence-electron chi connectivity index (χ0n) is 17.0. The number of nitriles is 2. The largest absolute Gasteiger partial charge is 0.337 e. The van der Waals surface area contributed by atoms with E-state index in [0.29, 0.717) is 17.0 Å². The smallest absolute Gasteiger partial charge is 0.149 e. The highest BCUT2D eigenvalue weighted by Crippen LogP contribution is 2.36. The summed E-state index contributed by atoms with van der Waals surface area (Å²) in [4.78, 5) is 7.78. The molecule has 5 aromatic rings. The average Bonchev–Trinajstić information content (AvgIpc) is 3.44. The van der Waals surface area contributed by atoms with Crippen LogP contribution in [0.2, 0.25) is 0 Å². The number of allylic oxidation sites excluding steroid dienone is 1. The molecule has 5 rings (SSSR count). The minimum absolute atomic E-state index is 0.466. The molecule has 0 saturated carbocycles. The molecule has 0 amide bonds. The fourth-order valence-corrected chi connectivity index (χ4v) is 5.20. The number of thiophene rings is 1. The van der Waals surface area contributed by atoms with Crippen molar-refractivity contribution in [2.75, 3.05) is 0 Å². The molecule has 0 saturated heterocycles. The van der Waals surface area contributed by atoms with Crippen LogP contribution in [0, 0.1) is 36.5 Å². The highest BCUT2D eigenvalue weighted by Gasteiger charge is 2.18. The number of fused-ring (bicyclic) bond motifs is 2. The zero-order chi connectivity index (χ0) is 21.5. The average molecular weight is 420 g/mol. The van der Waals surface area contributed by atoms with E-state index in [2.05, 4.69) is 26.7 Å². The molecule has 5 nitrogen and oxygen atoms in total. The molecule has 0 radical (unpaired) electrons. The van der Waals surface area contributed by atoms with Gasteiger partial charge in [-0.3, -0.25) is 0 Å². The molecule has 0 aliphatic rings. The van der Waals surface area contributed by atoms with Crippen molar-refractivity contribution in [3.05, 3.63) is 82.9 Å². The Morgan fingerprint density at radius 3 is 2.65 bits per heavy atom. The Hall–Kier alpha value is -4.13. The molecule has 3 heterocycles. The molecule has 0 unspecified atom stereocenters. The van der Waals surface area contributed by atoms with Gasteiger partial charge in [-0.2, -0.15) is 10.5 Å². The molecule has 0 aliphatic heterocycles. The lowest BCUT2D eigenvalue weighted by Crippen LogP contribution is -1.98. The van der Waals surface area contributed by atoms with Gasteiger partial charge in [0.25, 0.3) is 0 Å². The predicted molar refractivity (Wildman–Crippen MR) is 125 cm³/mol. The van der Waals surface area contributed by atoms with Crippen LogP contribution in [0.4, 0.5) is 0 Å². The van der Waals surface area contributed by atoms with E-state index in [9.17, 15) is 10.5 Å². The number of nitrogens with zero attached hydrogens (tertiary/aromatic N) is 4. The van der Waals surface area contributed by atoms with Crippen molar-refractivity contribution in [1.29, 1.82) is 10.5 Å². The molecular weight excluding hydrogens is 402 g/mol. The third kappa shape index (κ3) is 3.02. The molecule has 0 bridgehead atoms. The Morgan fingerprint density at radius 1 is 1.10 bits per heavy atom. The Kier molecular flexibility index (Phi) is 4.43. The lowest BCUT2D eigenvalue weighted by Gasteiger charge is -2.07. The van der Waals surface area contributed by atoms with Gasteiger partial charge in [-0.15, -0.1) is 11.3 Å². The van der Waals surface area contributed by atoms with Crippen molar-refractivity contribution in [2.45, 2.75) is 13.8 Å². The number of benzene rings is 2. The summed E-state index contributed by atoms with van der Waals surface area (Å²) in [5.41, 5.74) is 5.78. The highest BCUT2D eigenvalue weighted by atomic mass is 32.1. The van der Waals surface area contributed by atoms with Gasteiger partial charge in [0.05, 0.1) is 22.2 Å². The van der Waals surface area contributed by atoms with Gasteiger partial charge in [0.2, 0.25) is 0 Å². The zero-order valence-corrected chi connectivity index (χ0v) is 17.8. The molecule has 0 fully saturated rings. The van der Waals surface area contributed by atoms with Gasteiger partial charge in [0.1, 0.15) is 23.0 Å². The van der Waals surface area contributed by atoms with Gasteiger partial charge in [-0.1, -0.05) is 30.3 Å². The Labute approximate surface area is 183 Å². The predicted octanol–water partition coefficient (Wildman–Crippen LogP) is 6.12. The molecule has 148 valence electrons. The number of aromatic amines is 1. The van der Waals surface area contributed by atoms with Crippen LogP contribution >= 0.6 is 11.3 Å². The van der Waals surface area contributed by atoms with Crippen molar-refractivity contribution in [3.8, 4) is 17.1 Å². The van der Waals surface area contributed by atoms with E-state index in [1.165, 1.54) is 0 Å². The highest BCUT2D eigenvalue weighted by molar-refractivity contribution is 7.21. The fraction of sp³-hybridized carbons (Fsp3) is 0.0800. The minimum Gasteiger partial charge on any atom is -0.337 e. The minimum atomic E-state index is 0.466. The van der Waals surface area contributed by atoms with Gasteiger partial charge in [0.15, 0.2) is 0 Å². The topological polar surface area (TPSA) is 81.2 Å². The summed E-state index contributed by atoms with van der Waals surface area (Å²) < 4.78 is 3.18. The quantitative estimate of drug-likeness (QED) is 0.358. The second-order valence-corrected chi connectivity index (χ2v) is 8.36. The second-order valence-electron chi connectivity index (χ2n) is 7.32. The number of imidazole rings is 1. The van der Waals surface area contributed by atoms with Crippen LogP contribution in [0.1, 0.15) is 28.3 Å². The van der Waals surface area contributed by atoms with Crippen LogP contribution in [-0.2, 0) is 0 Å². The third-order valence-corrected chi connectivity index (χ3v) is 6.58. The summed E-state index contributed by atoms with van der Waals surface area (Å²) >= 11 is 1.60. The van der Waals surface area contributed by atoms with E-state index in [1.54, 1.807) is 11.3 Å². The van der Waals surface area contributed by atoms with Gasteiger partial charge in [-0.05, 0) is 49.8 Å². The summed E-state index contributed by atoms with van der Waals surface area (Å²) in [6.45, 7) is 4.03. The summed E-state index contributed by atoms with van der Waals surface area (Å²) in [7, 11) is 0. The molecule has 0 atom stereocenters. The molecule has 2 aromatic carbocycles. The maximum Gasteiger partial charge on any atom is 0.149 e. The Balaban J connectivity index is 1.66. The lowest BCUT2D eigenvalue weighted by molar-refractivity contribution is 0.982. The van der Waals surface area contributed by atoms with Crippen molar-refractivity contribution >= 4 is 44.1 Å². The summed E-state index contributed by atoms with van der Waals surface area (Å²) in [6, 6.07) is 22.4. The van der Waals surface area contributed by atoms with E-state index in [0.717, 1.165) is 43.1 Å². The van der Waals surface area contributed by atoms with Crippen molar-refractivity contribution in [2.24, 2.45) is 0 Å². The van der Waals surface area contributed by atoms with Gasteiger partial charge >= 0.3 is 0 Å². The first-order valence-electron chi connectivity index (χ1n) is 9.78. The number of aryl methyl sites for hydroxylation is 1. The molecule has 1 N–H and O–H groups in total. The van der Waals surface area contributed by atoms with Crippen LogP contribution in [0.5, 0.6) is 0 Å². The van der Waals surface area contributed by atoms with Crippen molar-refractivity contribution < 1.29 is 0 Å². The SMILES string of the molecule is Cc1cc(/C=C(\C#N)c2nc3ccccc3[nH]2)c(C)n1-c1sc2ccccc2c1C#N. The summed E-state index contributed by atoms with van der Waals surface area (Å²) in [6.07, 6.45) is 1.86. The summed E-state index contributed by atoms with van der Waals surface area (Å²) in [5, 5.41) is 21.5. The maximum absolute atomic E-state index is 9.83. The van der Waals surface area contributed by atoms with E-state index in [1.807, 2.05) is 74.5 Å². The number of H-pyrrole nitrogens is 1. The van der Waals surface area contributed by atoms with E-state index < -0.39 is 0 Å². The molecular formula is C25H17N5S. The molecule has 6 heteroatoms. The Bertz CT molecular complexity index is 1550. The first-order valence-corrected chi connectivity index (χ1v) is 10.6. The van der Waals surface area contributed by atoms with Gasteiger partial charge in [0, 0.05) is 21.5 Å². The van der Waals surface area contributed by atoms with E-state index >= 15 is 0 Å². The van der Waals surface area contributed by atoms with E-state index in [4.69, 9.17) is 0 Å². The molecule has 3 aromatic heterocycles. The second kappa shape index (κ2) is 7.28. The first-order chi connectivity index (χ1) is 15.1. The fourth-order valence-electron chi connectivity index (χ4n) is 3.93. The first kappa shape index (κ1) is 18.9. The lowest BCUT2D eigenvalue weighted by atomic mass is 10.1. The number of nitrogens with one attached hydrogen (secondary N) is 1. The van der Waals surface area contributed by atoms with Crippen LogP contribution in [-0.4, -0.2) is 14.5 Å². The summed E-state index contributed by atoms with van der Waals surface area (Å²) in [5.74, 6) is 0.549. The third-order valence-electron chi connectivity index (χ3n) is 5.43. The standard InChI is InChI=1S/C25H17N5S/c1-15-11-17(12-18(13-26)24-28-21-8-4-5-9-22(21)29-24)16(2)30(15)25-20(14-27)19-7-3-6-10-23(19)31-25/h3-12H,1-2H3,(H,28,29)/b18-12+. The molecule has 31 heavy (non-hydrogen) atoms. The Morgan fingerprint density at radius 2 is 1.87 bits per heavy atom. The number of para-hydroxylation sites is 2. The number of hydrogen-bond donors (Lipinski definition) is 1. The van der Waals surface area contributed by atoms with Crippen LogP contribution in [0.25, 0.3) is 37.8 Å². The number of rotatable bonds is 3. The normalized spacial score (nSPS) is 11.7. The van der Waals surface area contributed by atoms with Crippen LogP contribution in [0.15, 0.2) is 54.6 Å². The van der Waals surface area contributed by atoms with Crippen molar-refractivity contribution in [1.82, 2.24) is 14.5 Å². The van der Waals surface area contributed by atoms with Crippen LogP contribution < -0.4 is 0 Å². The number of hydrogen-bond acceptors (Lipinski definition) is 4. The number of aromatic nitrogens is 3. The molecule has 0 spiro atoms. The maximum atomic E-state index is 9.83. The monoisotopic (exact) mass is 419 g/mol. The van der Waals surface area contributed by atoms with Crippen molar-refractivity contribution in [3.63, 3.8) is 0 Å². The van der Waals surface area contributed by atoms with Crippen LogP contribution in [0.3, 0.4) is 0 Å². The molecule has 0 aliphatic carbocycles. The van der Waals surface area contributed by atoms with Gasteiger partial charge < -0.3 is 9.55 Å². The van der Waals surface area contributed by atoms with Gasteiger partial charge in [-0.25, -0.2) is 4.98 Å².